The summed E-state index contributed by atoms with van der Waals surface area (Å²) in [6.45, 7) is 7.59. The van der Waals surface area contributed by atoms with Crippen molar-refractivity contribution >= 4 is 17.5 Å². The van der Waals surface area contributed by atoms with Gasteiger partial charge in [0.1, 0.15) is 10.8 Å². The first kappa shape index (κ1) is 21.0. The van der Waals surface area contributed by atoms with E-state index in [4.69, 9.17) is 0 Å². The summed E-state index contributed by atoms with van der Waals surface area (Å²) in [6, 6.07) is 14.0. The maximum absolute atomic E-state index is 14.3. The number of para-hydroxylation sites is 1. The molecule has 0 fully saturated rings. The van der Waals surface area contributed by atoms with Gasteiger partial charge in [-0.3, -0.25) is 4.79 Å². The second kappa shape index (κ2) is 8.47. The molecule has 0 aliphatic heterocycles. The smallest absolute Gasteiger partial charge is 0.175 e. The van der Waals surface area contributed by atoms with Gasteiger partial charge in [0, 0.05) is 22.6 Å². The number of benzene rings is 1. The summed E-state index contributed by atoms with van der Waals surface area (Å²) in [4.78, 5) is 12.9. The van der Waals surface area contributed by atoms with Crippen LogP contribution in [0.4, 0.5) is 4.39 Å². The third kappa shape index (κ3) is 4.16. The number of aromatic nitrogens is 5. The van der Waals surface area contributed by atoms with Gasteiger partial charge in [-0.1, -0.05) is 23.9 Å². The van der Waals surface area contributed by atoms with Crippen molar-refractivity contribution in [1.82, 2.24) is 24.5 Å². The van der Waals surface area contributed by atoms with Crippen molar-refractivity contribution in [2.75, 3.05) is 5.75 Å². The van der Waals surface area contributed by atoms with E-state index in [-0.39, 0.29) is 17.4 Å². The molecule has 1 aromatic carbocycles. The Balaban J connectivity index is 1.49. The highest BCUT2D eigenvalue weighted by Gasteiger charge is 2.18. The number of carbonyl (C=O) groups excluding carboxylic acids is 1. The van der Waals surface area contributed by atoms with Crippen molar-refractivity contribution in [1.29, 1.82) is 0 Å². The van der Waals surface area contributed by atoms with E-state index in [1.165, 1.54) is 17.8 Å². The van der Waals surface area contributed by atoms with Crippen LogP contribution in [-0.4, -0.2) is 36.1 Å². The zero-order chi connectivity index (χ0) is 22.1. The van der Waals surface area contributed by atoms with E-state index >= 15 is 0 Å². The van der Waals surface area contributed by atoms with Gasteiger partial charge in [-0.05, 0) is 64.1 Å². The van der Waals surface area contributed by atoms with Crippen LogP contribution in [0.15, 0.2) is 53.6 Å². The van der Waals surface area contributed by atoms with Crippen molar-refractivity contribution in [3.8, 4) is 11.5 Å². The van der Waals surface area contributed by atoms with E-state index < -0.39 is 0 Å². The predicted octanol–water partition coefficient (Wildman–Crippen LogP) is 4.80. The number of thioether (sulfide) groups is 1. The molecule has 31 heavy (non-hydrogen) atoms. The van der Waals surface area contributed by atoms with Crippen molar-refractivity contribution < 1.29 is 9.18 Å². The highest BCUT2D eigenvalue weighted by atomic mass is 32.2. The molecule has 3 aromatic heterocycles. The first-order valence-corrected chi connectivity index (χ1v) is 10.8. The minimum Gasteiger partial charge on any atom is -0.315 e. The highest BCUT2D eigenvalue weighted by Crippen LogP contribution is 2.25. The molecule has 0 bridgehead atoms. The van der Waals surface area contributed by atoms with Crippen LogP contribution in [-0.2, 0) is 0 Å². The number of nitrogens with zero attached hydrogens (tertiary/aromatic N) is 5. The van der Waals surface area contributed by atoms with Crippen LogP contribution in [0.5, 0.6) is 0 Å². The summed E-state index contributed by atoms with van der Waals surface area (Å²) in [5.41, 5.74) is 4.45. The Morgan fingerprint density at radius 2 is 1.77 bits per heavy atom. The average molecular weight is 436 g/mol. The number of ketones is 1. The molecule has 4 aromatic rings. The summed E-state index contributed by atoms with van der Waals surface area (Å²) in [5, 5.41) is 13.5. The van der Waals surface area contributed by atoms with Gasteiger partial charge in [0.25, 0.3) is 0 Å². The molecule has 3 heterocycles. The number of hydrogen-bond donors (Lipinski definition) is 0. The Morgan fingerprint density at radius 3 is 2.42 bits per heavy atom. The standard InChI is InChI=1S/C23H22FN5OS/c1-14-11-16(3)29(27-14)22-9-10-23(26-25-22)31-13-21(30)18-12-15(2)28(17(18)4)20-8-6-5-7-19(20)24/h5-12H,13H2,1-4H3. The van der Waals surface area contributed by atoms with Gasteiger partial charge in [-0.15, -0.1) is 10.2 Å². The summed E-state index contributed by atoms with van der Waals surface area (Å²) in [6.07, 6.45) is 0. The Kier molecular flexibility index (Phi) is 5.73. The van der Waals surface area contributed by atoms with Crippen LogP contribution in [0.3, 0.4) is 0 Å². The molecule has 0 saturated carbocycles. The molecule has 0 saturated heterocycles. The summed E-state index contributed by atoms with van der Waals surface area (Å²) < 4.78 is 17.8. The van der Waals surface area contributed by atoms with Crippen LogP contribution in [0.25, 0.3) is 11.5 Å². The van der Waals surface area contributed by atoms with Crippen LogP contribution in [0.2, 0.25) is 0 Å². The van der Waals surface area contributed by atoms with Gasteiger partial charge in [0.2, 0.25) is 0 Å². The molecule has 8 heteroatoms. The van der Waals surface area contributed by atoms with Gasteiger partial charge in [0.15, 0.2) is 11.6 Å². The monoisotopic (exact) mass is 435 g/mol. The first-order valence-electron chi connectivity index (χ1n) is 9.82. The predicted molar refractivity (Wildman–Crippen MR) is 119 cm³/mol. The molecule has 0 aliphatic rings. The molecule has 0 amide bonds. The minimum absolute atomic E-state index is 0.0369. The van der Waals surface area contributed by atoms with Gasteiger partial charge in [-0.25, -0.2) is 9.07 Å². The topological polar surface area (TPSA) is 65.6 Å². The van der Waals surface area contributed by atoms with E-state index in [0.717, 1.165) is 22.8 Å². The second-order valence-corrected chi connectivity index (χ2v) is 8.35. The van der Waals surface area contributed by atoms with E-state index in [1.807, 2.05) is 52.0 Å². The fourth-order valence-corrected chi connectivity index (χ4v) is 4.33. The molecule has 0 spiro atoms. The zero-order valence-electron chi connectivity index (χ0n) is 17.8. The normalized spacial score (nSPS) is 11.1. The Bertz CT molecular complexity index is 1260. The summed E-state index contributed by atoms with van der Waals surface area (Å²) >= 11 is 1.32. The second-order valence-electron chi connectivity index (χ2n) is 7.35. The number of carbonyl (C=O) groups is 1. The molecule has 158 valence electrons. The quantitative estimate of drug-likeness (QED) is 0.321. The zero-order valence-corrected chi connectivity index (χ0v) is 18.6. The minimum atomic E-state index is -0.323. The van der Waals surface area contributed by atoms with Gasteiger partial charge in [0.05, 0.1) is 17.1 Å². The van der Waals surface area contributed by atoms with Crippen molar-refractivity contribution in [3.63, 3.8) is 0 Å². The number of aryl methyl sites for hydroxylation is 3. The SMILES string of the molecule is Cc1cc(C)n(-c2ccc(SCC(=O)c3cc(C)n(-c4ccccc4F)c3C)nn2)n1. The van der Waals surface area contributed by atoms with Crippen LogP contribution in [0.1, 0.15) is 33.1 Å². The lowest BCUT2D eigenvalue weighted by molar-refractivity contribution is 0.102. The third-order valence-corrected chi connectivity index (χ3v) is 5.95. The number of Topliss-reactive ketones (excluding diaryl/α,β-unsaturated/α-hetero) is 1. The molecule has 0 atom stereocenters. The van der Waals surface area contributed by atoms with E-state index in [9.17, 15) is 9.18 Å². The molecule has 0 radical (unpaired) electrons. The molecule has 0 N–H and O–H groups in total. The highest BCUT2D eigenvalue weighted by molar-refractivity contribution is 7.99. The molecular formula is C23H22FN5OS. The maximum Gasteiger partial charge on any atom is 0.175 e. The third-order valence-electron chi connectivity index (χ3n) is 5.03. The molecular weight excluding hydrogens is 413 g/mol. The fraction of sp³-hybridized carbons (Fsp3) is 0.217. The average Bonchev–Trinajstić information content (AvgIpc) is 3.24. The maximum atomic E-state index is 14.3. The van der Waals surface area contributed by atoms with Crippen LogP contribution in [0, 0.1) is 33.5 Å². The summed E-state index contributed by atoms with van der Waals surface area (Å²) in [7, 11) is 0. The Hall–Kier alpha value is -3.26. The lowest BCUT2D eigenvalue weighted by Gasteiger charge is -2.10. The van der Waals surface area contributed by atoms with E-state index in [1.54, 1.807) is 27.4 Å². The largest absolute Gasteiger partial charge is 0.315 e. The molecule has 0 aliphatic carbocycles. The number of halogens is 1. The van der Waals surface area contributed by atoms with Crippen molar-refractivity contribution in [3.05, 3.63) is 82.7 Å². The van der Waals surface area contributed by atoms with Crippen molar-refractivity contribution in [2.24, 2.45) is 0 Å². The first-order chi connectivity index (χ1) is 14.8. The lowest BCUT2D eigenvalue weighted by atomic mass is 10.2. The molecule has 0 unspecified atom stereocenters. The molecule has 6 nitrogen and oxygen atoms in total. The number of hydrogen-bond acceptors (Lipinski definition) is 5. The van der Waals surface area contributed by atoms with E-state index in [2.05, 4.69) is 15.3 Å². The number of rotatable bonds is 6. The Morgan fingerprint density at radius 1 is 1.00 bits per heavy atom. The van der Waals surface area contributed by atoms with Gasteiger partial charge < -0.3 is 4.57 Å². The summed E-state index contributed by atoms with van der Waals surface area (Å²) in [5.74, 6) is 0.491. The fourth-order valence-electron chi connectivity index (χ4n) is 3.63. The van der Waals surface area contributed by atoms with Crippen molar-refractivity contribution in [2.45, 2.75) is 32.7 Å². The van der Waals surface area contributed by atoms with E-state index in [0.29, 0.717) is 22.1 Å². The van der Waals surface area contributed by atoms with Gasteiger partial charge in [-0.2, -0.15) is 5.10 Å². The lowest BCUT2D eigenvalue weighted by Crippen LogP contribution is -2.07. The molecule has 4 rings (SSSR count). The van der Waals surface area contributed by atoms with Crippen LogP contribution < -0.4 is 0 Å². The van der Waals surface area contributed by atoms with Gasteiger partial charge >= 0.3 is 0 Å². The van der Waals surface area contributed by atoms with Crippen LogP contribution >= 0.6 is 11.8 Å². The Labute approximate surface area is 184 Å².